The fourth-order valence-electron chi connectivity index (χ4n) is 8.17. The van der Waals surface area contributed by atoms with Gasteiger partial charge in [-0.25, -0.2) is 0 Å². The van der Waals surface area contributed by atoms with Crippen LogP contribution in [0.5, 0.6) is 0 Å². The summed E-state index contributed by atoms with van der Waals surface area (Å²) in [6, 6.07) is 63.5. The van der Waals surface area contributed by atoms with Crippen LogP contribution in [0.4, 0.5) is 0 Å². The molecule has 2 aliphatic rings. The fraction of sp³-hybridized carbons (Fsp3) is 0.0385. The highest BCUT2D eigenvalue weighted by atomic mass is 16.3. The molecular formula is C52H36O. The molecule has 8 aromatic rings. The monoisotopic (exact) mass is 676 g/mol. The molecule has 0 radical (unpaired) electrons. The molecule has 2 unspecified atom stereocenters. The Balaban J connectivity index is 1.16. The van der Waals surface area contributed by atoms with Gasteiger partial charge >= 0.3 is 0 Å². The molecular weight excluding hydrogens is 641 g/mol. The average Bonchev–Trinajstić information content (AvgIpc) is 3.62. The molecule has 0 fully saturated rings. The van der Waals surface area contributed by atoms with E-state index in [1.807, 2.05) is 0 Å². The largest absolute Gasteiger partial charge is 0.460 e. The maximum absolute atomic E-state index is 6.77. The van der Waals surface area contributed by atoms with E-state index < -0.39 is 0 Å². The summed E-state index contributed by atoms with van der Waals surface area (Å²) in [5.74, 6) is 1.30. The molecule has 1 heterocycles. The zero-order chi connectivity index (χ0) is 35.1. The Kier molecular flexibility index (Phi) is 7.69. The van der Waals surface area contributed by atoms with Gasteiger partial charge in [-0.05, 0) is 115 Å². The van der Waals surface area contributed by atoms with Gasteiger partial charge in [0.05, 0.1) is 0 Å². The Bertz CT molecular complexity index is 2610. The first kappa shape index (κ1) is 31.1. The number of hydrogen-bond acceptors (Lipinski definition) is 1. The van der Waals surface area contributed by atoms with Crippen LogP contribution in [0.15, 0.2) is 205 Å². The van der Waals surface area contributed by atoms with Crippen molar-refractivity contribution >= 4 is 22.6 Å². The summed E-state index contributed by atoms with van der Waals surface area (Å²) in [7, 11) is 0. The summed E-state index contributed by atoms with van der Waals surface area (Å²) in [5.41, 5.74) is 16.6. The molecule has 0 aliphatic heterocycles. The van der Waals surface area contributed by atoms with E-state index in [0.29, 0.717) is 0 Å². The van der Waals surface area contributed by atoms with E-state index in [4.69, 9.17) is 4.42 Å². The van der Waals surface area contributed by atoms with Crippen LogP contribution in [0.3, 0.4) is 0 Å². The third-order valence-corrected chi connectivity index (χ3v) is 10.8. The molecule has 10 rings (SSSR count). The second kappa shape index (κ2) is 13.1. The summed E-state index contributed by atoms with van der Waals surface area (Å²) in [5, 5.41) is 1.15. The Morgan fingerprint density at radius 3 is 1.32 bits per heavy atom. The van der Waals surface area contributed by atoms with E-state index in [9.17, 15) is 0 Å². The molecule has 0 amide bonds. The lowest BCUT2D eigenvalue weighted by molar-refractivity contribution is 0.496. The van der Waals surface area contributed by atoms with Crippen LogP contribution in [-0.4, -0.2) is 0 Å². The van der Waals surface area contributed by atoms with Crippen LogP contribution in [0.2, 0.25) is 0 Å². The van der Waals surface area contributed by atoms with Crippen molar-refractivity contribution < 1.29 is 4.42 Å². The minimum atomic E-state index is 0.109. The Labute approximate surface area is 310 Å². The highest BCUT2D eigenvalue weighted by Gasteiger charge is 2.34. The number of benzene rings is 7. The van der Waals surface area contributed by atoms with Crippen LogP contribution >= 0.6 is 0 Å². The van der Waals surface area contributed by atoms with Crippen molar-refractivity contribution in [3.8, 4) is 55.6 Å². The first-order chi connectivity index (χ1) is 26.2. The summed E-state index contributed by atoms with van der Waals surface area (Å²) < 4.78 is 6.77. The lowest BCUT2D eigenvalue weighted by Gasteiger charge is -2.30. The van der Waals surface area contributed by atoms with Crippen LogP contribution in [0.1, 0.15) is 22.8 Å². The molecule has 1 nitrogen and oxygen atoms in total. The second-order valence-corrected chi connectivity index (χ2v) is 14.1. The van der Waals surface area contributed by atoms with Gasteiger partial charge in [0.15, 0.2) is 0 Å². The van der Waals surface area contributed by atoms with E-state index in [2.05, 4.69) is 206 Å². The summed E-state index contributed by atoms with van der Waals surface area (Å²) in [6.07, 6.45) is 11.4. The first-order valence-corrected chi connectivity index (χ1v) is 18.4. The van der Waals surface area contributed by atoms with Crippen molar-refractivity contribution in [1.29, 1.82) is 0 Å². The highest BCUT2D eigenvalue weighted by Crippen LogP contribution is 2.50. The second-order valence-electron chi connectivity index (χ2n) is 14.1. The molecule has 250 valence electrons. The van der Waals surface area contributed by atoms with E-state index in [1.165, 1.54) is 66.8 Å². The van der Waals surface area contributed by atoms with Crippen LogP contribution in [-0.2, 0) is 0 Å². The summed E-state index contributed by atoms with van der Waals surface area (Å²) >= 11 is 0. The number of rotatable bonds is 6. The SMILES string of the molecule is C1=CC2C(c3cc(-c4cccc(-c5ccccc5)c4)cc(-c4cccc(-c5ccccc5)c4)c3)=Cc3c(oc4cc(-c5ccccc5)ccc34)C2C=C1. The Hall–Kier alpha value is -6.70. The van der Waals surface area contributed by atoms with Crippen molar-refractivity contribution in [3.05, 3.63) is 217 Å². The lowest BCUT2D eigenvalue weighted by Crippen LogP contribution is -2.17. The van der Waals surface area contributed by atoms with Gasteiger partial charge in [0.25, 0.3) is 0 Å². The third-order valence-electron chi connectivity index (χ3n) is 10.8. The minimum absolute atomic E-state index is 0.109. The van der Waals surface area contributed by atoms with Gasteiger partial charge in [-0.2, -0.15) is 0 Å². The predicted molar refractivity (Wildman–Crippen MR) is 222 cm³/mol. The number of hydrogen-bond donors (Lipinski definition) is 0. The molecule has 0 bridgehead atoms. The molecule has 2 aliphatic carbocycles. The van der Waals surface area contributed by atoms with E-state index in [-0.39, 0.29) is 11.8 Å². The van der Waals surface area contributed by atoms with Crippen molar-refractivity contribution in [2.45, 2.75) is 5.92 Å². The molecule has 53 heavy (non-hydrogen) atoms. The molecule has 7 aromatic carbocycles. The number of allylic oxidation sites excluding steroid dienone is 5. The topological polar surface area (TPSA) is 13.1 Å². The van der Waals surface area contributed by atoms with Crippen molar-refractivity contribution in [2.24, 2.45) is 5.92 Å². The number of furan rings is 1. The molecule has 1 aromatic heterocycles. The maximum atomic E-state index is 6.77. The molecule has 0 saturated carbocycles. The average molecular weight is 677 g/mol. The summed E-state index contributed by atoms with van der Waals surface area (Å²) in [4.78, 5) is 0. The Morgan fingerprint density at radius 1 is 0.340 bits per heavy atom. The third kappa shape index (κ3) is 5.77. The van der Waals surface area contributed by atoms with Gasteiger partial charge in [-0.3, -0.25) is 0 Å². The van der Waals surface area contributed by atoms with Crippen molar-refractivity contribution in [2.75, 3.05) is 0 Å². The van der Waals surface area contributed by atoms with Gasteiger partial charge in [-0.1, -0.05) is 158 Å². The molecule has 0 saturated heterocycles. The van der Waals surface area contributed by atoms with Gasteiger partial charge in [-0.15, -0.1) is 0 Å². The smallest absolute Gasteiger partial charge is 0.135 e. The fourth-order valence-corrected chi connectivity index (χ4v) is 8.17. The van der Waals surface area contributed by atoms with Gasteiger partial charge in [0.2, 0.25) is 0 Å². The van der Waals surface area contributed by atoms with E-state index >= 15 is 0 Å². The van der Waals surface area contributed by atoms with E-state index in [1.54, 1.807) is 0 Å². The van der Waals surface area contributed by atoms with Crippen LogP contribution < -0.4 is 0 Å². The van der Waals surface area contributed by atoms with Crippen LogP contribution in [0, 0.1) is 5.92 Å². The lowest BCUT2D eigenvalue weighted by atomic mass is 9.73. The normalized spacial score (nSPS) is 15.9. The Morgan fingerprint density at radius 2 is 0.774 bits per heavy atom. The van der Waals surface area contributed by atoms with Gasteiger partial charge < -0.3 is 4.42 Å². The molecule has 0 N–H and O–H groups in total. The highest BCUT2D eigenvalue weighted by molar-refractivity contribution is 6.00. The molecule has 2 atom stereocenters. The van der Waals surface area contributed by atoms with E-state index in [0.717, 1.165) is 22.3 Å². The van der Waals surface area contributed by atoms with Crippen molar-refractivity contribution in [1.82, 2.24) is 0 Å². The van der Waals surface area contributed by atoms with Gasteiger partial charge in [0.1, 0.15) is 11.3 Å². The first-order valence-electron chi connectivity index (χ1n) is 18.4. The summed E-state index contributed by atoms with van der Waals surface area (Å²) in [6.45, 7) is 0. The molecule has 1 heteroatoms. The van der Waals surface area contributed by atoms with Gasteiger partial charge in [0, 0.05) is 22.8 Å². The van der Waals surface area contributed by atoms with Crippen molar-refractivity contribution in [3.63, 3.8) is 0 Å². The minimum Gasteiger partial charge on any atom is -0.460 e. The maximum Gasteiger partial charge on any atom is 0.135 e. The van der Waals surface area contributed by atoms with Crippen LogP contribution in [0.25, 0.3) is 78.3 Å². The zero-order valence-corrected chi connectivity index (χ0v) is 29.2. The predicted octanol–water partition coefficient (Wildman–Crippen LogP) is 14.1. The standard InChI is InChI=1S/C52H36O/c1-4-14-35(15-5-1)38-20-12-22-40(28-38)43-30-44(41-23-13-21-39(29-41)36-16-6-2-7-17-36)32-45(31-43)49-34-50-47-27-26-42(37-18-8-3-9-19-37)33-51(47)53-52(50)48-25-11-10-24-46(48)49/h1-34,46,48H. The molecule has 0 spiro atoms. The quantitative estimate of drug-likeness (QED) is 0.171. The number of fused-ring (bicyclic) bond motifs is 5. The zero-order valence-electron chi connectivity index (χ0n) is 29.2.